The number of benzene rings is 2. The van der Waals surface area contributed by atoms with Crippen LogP contribution in [-0.2, 0) is 0 Å². The Balaban J connectivity index is 1.63. The maximum atomic E-state index is 12.9. The second kappa shape index (κ2) is 6.29. The Kier molecular flexibility index (Phi) is 3.97. The number of thioether (sulfide) groups is 1. The fourth-order valence-corrected chi connectivity index (χ4v) is 3.96. The minimum absolute atomic E-state index is 0.0472. The lowest BCUT2D eigenvalue weighted by atomic mass is 10.2. The molecule has 2 heterocycles. The highest BCUT2D eigenvalue weighted by atomic mass is 32.2. The summed E-state index contributed by atoms with van der Waals surface area (Å²) >= 11 is 1.57. The minimum Gasteiger partial charge on any atom is -0.295 e. The number of hydrogen-bond acceptors (Lipinski definition) is 4. The monoisotopic (exact) mass is 350 g/mol. The Labute approximate surface area is 149 Å². The smallest absolute Gasteiger partial charge is 0.277 e. The summed E-state index contributed by atoms with van der Waals surface area (Å²) in [4.78, 5) is 12.9. The summed E-state index contributed by atoms with van der Waals surface area (Å²) in [6, 6.07) is 17.8. The fraction of sp³-hybridized carbons (Fsp3) is 0.158. The lowest BCUT2D eigenvalue weighted by molar-refractivity contribution is 0.734. The number of rotatable bonds is 3. The highest BCUT2D eigenvalue weighted by Gasteiger charge is 2.28. The molecule has 0 spiro atoms. The van der Waals surface area contributed by atoms with E-state index in [1.54, 1.807) is 16.4 Å². The molecule has 2 aromatic carbocycles. The molecule has 25 heavy (non-hydrogen) atoms. The van der Waals surface area contributed by atoms with Crippen LogP contribution in [0, 0.1) is 13.8 Å². The molecule has 3 aromatic rings. The van der Waals surface area contributed by atoms with Gasteiger partial charge in [-0.2, -0.15) is 5.10 Å². The van der Waals surface area contributed by atoms with Gasteiger partial charge in [0, 0.05) is 11.3 Å². The highest BCUT2D eigenvalue weighted by molar-refractivity contribution is 8.14. The second-order valence-corrected chi connectivity index (χ2v) is 7.13. The topological polar surface area (TPSA) is 62.2 Å². The Bertz CT molecular complexity index is 987. The largest absolute Gasteiger partial charge is 0.295 e. The van der Waals surface area contributed by atoms with Crippen LogP contribution in [0.2, 0.25) is 0 Å². The number of nitrogens with zero attached hydrogens (tertiary/aromatic N) is 2. The van der Waals surface area contributed by atoms with E-state index in [0.717, 1.165) is 22.0 Å². The van der Waals surface area contributed by atoms with E-state index in [1.807, 2.05) is 37.3 Å². The number of nitrogens with one attached hydrogen (secondary N) is 2. The molecule has 0 unspecified atom stereocenters. The Hall–Kier alpha value is -2.73. The fourth-order valence-electron chi connectivity index (χ4n) is 2.86. The SMILES string of the molecule is Cc1ccc(C2=NN[C@H](c3c(C)[nH]n(-c4ccccc4)c3=O)S2)cc1. The molecule has 0 bridgehead atoms. The van der Waals surface area contributed by atoms with Gasteiger partial charge in [-0.15, -0.1) is 0 Å². The van der Waals surface area contributed by atoms with E-state index in [2.05, 4.69) is 46.8 Å². The van der Waals surface area contributed by atoms with Crippen LogP contribution in [0.5, 0.6) is 0 Å². The number of H-pyrrole nitrogens is 1. The van der Waals surface area contributed by atoms with Gasteiger partial charge in [-0.25, -0.2) is 4.68 Å². The first-order valence-electron chi connectivity index (χ1n) is 8.07. The van der Waals surface area contributed by atoms with Crippen LogP contribution in [0.1, 0.15) is 27.8 Å². The molecule has 6 heteroatoms. The average Bonchev–Trinajstić information content (AvgIpc) is 3.21. The Morgan fingerprint density at radius 1 is 1.04 bits per heavy atom. The standard InChI is InChI=1S/C19H18N4OS/c1-12-8-10-14(11-9-12)17-20-21-18(25-17)16-13(2)22-23(19(16)24)15-6-4-3-5-7-15/h3-11,18,21-22H,1-2H3/t18-/m0/s1. The molecule has 0 aliphatic carbocycles. The number of hydrazone groups is 1. The molecule has 1 atom stereocenters. The van der Waals surface area contributed by atoms with Gasteiger partial charge in [0.2, 0.25) is 0 Å². The van der Waals surface area contributed by atoms with Crippen LogP contribution in [0.4, 0.5) is 0 Å². The van der Waals surface area contributed by atoms with Gasteiger partial charge in [-0.05, 0) is 26.0 Å². The van der Waals surface area contributed by atoms with Crippen LogP contribution in [-0.4, -0.2) is 14.8 Å². The average molecular weight is 350 g/mol. The van der Waals surface area contributed by atoms with Gasteiger partial charge in [-0.1, -0.05) is 59.8 Å². The van der Waals surface area contributed by atoms with Gasteiger partial charge in [0.05, 0.1) is 11.3 Å². The molecule has 0 saturated carbocycles. The van der Waals surface area contributed by atoms with E-state index in [-0.39, 0.29) is 10.9 Å². The lowest BCUT2D eigenvalue weighted by Crippen LogP contribution is -2.21. The van der Waals surface area contributed by atoms with E-state index in [1.165, 1.54) is 5.56 Å². The first kappa shape index (κ1) is 15.8. The van der Waals surface area contributed by atoms with E-state index in [4.69, 9.17) is 0 Å². The summed E-state index contributed by atoms with van der Waals surface area (Å²) in [6.07, 6.45) is 0. The quantitative estimate of drug-likeness (QED) is 0.760. The van der Waals surface area contributed by atoms with Crippen molar-refractivity contribution in [3.8, 4) is 5.69 Å². The predicted octanol–water partition coefficient (Wildman–Crippen LogP) is 3.48. The lowest BCUT2D eigenvalue weighted by Gasteiger charge is -2.06. The Morgan fingerprint density at radius 2 is 1.76 bits per heavy atom. The molecule has 0 radical (unpaired) electrons. The van der Waals surface area contributed by atoms with Crippen LogP contribution in [0.3, 0.4) is 0 Å². The van der Waals surface area contributed by atoms with Crippen molar-refractivity contribution in [2.24, 2.45) is 5.10 Å². The number of para-hydroxylation sites is 1. The molecule has 1 aliphatic heterocycles. The molecule has 2 N–H and O–H groups in total. The van der Waals surface area contributed by atoms with Gasteiger partial charge in [0.25, 0.3) is 5.56 Å². The van der Waals surface area contributed by atoms with Crippen molar-refractivity contribution in [2.75, 3.05) is 0 Å². The van der Waals surface area contributed by atoms with Gasteiger partial charge in [0.15, 0.2) is 0 Å². The normalized spacial score (nSPS) is 16.6. The highest BCUT2D eigenvalue weighted by Crippen LogP contribution is 2.34. The maximum Gasteiger partial charge on any atom is 0.277 e. The van der Waals surface area contributed by atoms with Crippen LogP contribution in [0.25, 0.3) is 5.69 Å². The third-order valence-electron chi connectivity index (χ3n) is 4.20. The van der Waals surface area contributed by atoms with Crippen molar-refractivity contribution in [3.05, 3.63) is 87.3 Å². The third-order valence-corrected chi connectivity index (χ3v) is 5.33. The van der Waals surface area contributed by atoms with Crippen molar-refractivity contribution in [1.82, 2.24) is 15.2 Å². The molecule has 5 nitrogen and oxygen atoms in total. The van der Waals surface area contributed by atoms with E-state index < -0.39 is 0 Å². The third kappa shape index (κ3) is 2.89. The van der Waals surface area contributed by atoms with Gasteiger partial charge >= 0.3 is 0 Å². The number of aromatic nitrogens is 2. The van der Waals surface area contributed by atoms with E-state index in [0.29, 0.717) is 5.56 Å². The second-order valence-electron chi connectivity index (χ2n) is 6.04. The molecular weight excluding hydrogens is 332 g/mol. The van der Waals surface area contributed by atoms with Crippen molar-refractivity contribution < 1.29 is 0 Å². The molecule has 1 aliphatic rings. The summed E-state index contributed by atoms with van der Waals surface area (Å²) in [7, 11) is 0. The molecule has 1 aromatic heterocycles. The number of hydrogen-bond donors (Lipinski definition) is 2. The summed E-state index contributed by atoms with van der Waals surface area (Å²) < 4.78 is 1.58. The van der Waals surface area contributed by atoms with E-state index in [9.17, 15) is 4.79 Å². The summed E-state index contributed by atoms with van der Waals surface area (Å²) in [5, 5.41) is 8.30. The molecule has 0 saturated heterocycles. The maximum absolute atomic E-state index is 12.9. The zero-order chi connectivity index (χ0) is 17.4. The minimum atomic E-state index is -0.190. The van der Waals surface area contributed by atoms with Crippen molar-refractivity contribution in [2.45, 2.75) is 19.2 Å². The van der Waals surface area contributed by atoms with Crippen molar-refractivity contribution in [1.29, 1.82) is 0 Å². The molecule has 0 amide bonds. The zero-order valence-corrected chi connectivity index (χ0v) is 14.8. The first-order chi connectivity index (χ1) is 12.1. The molecular formula is C19H18N4OS. The number of aryl methyl sites for hydroxylation is 2. The van der Waals surface area contributed by atoms with Gasteiger partial charge in [-0.3, -0.25) is 15.3 Å². The predicted molar refractivity (Wildman–Crippen MR) is 102 cm³/mol. The van der Waals surface area contributed by atoms with Crippen LogP contribution >= 0.6 is 11.8 Å². The first-order valence-corrected chi connectivity index (χ1v) is 8.95. The number of aromatic amines is 1. The molecule has 4 rings (SSSR count). The van der Waals surface area contributed by atoms with Gasteiger partial charge in [0.1, 0.15) is 10.4 Å². The van der Waals surface area contributed by atoms with Crippen LogP contribution in [0.15, 0.2) is 64.5 Å². The van der Waals surface area contributed by atoms with E-state index >= 15 is 0 Å². The summed E-state index contributed by atoms with van der Waals surface area (Å²) in [6.45, 7) is 3.98. The Morgan fingerprint density at radius 3 is 2.48 bits per heavy atom. The molecule has 0 fully saturated rings. The van der Waals surface area contributed by atoms with Crippen molar-refractivity contribution in [3.63, 3.8) is 0 Å². The van der Waals surface area contributed by atoms with Crippen LogP contribution < -0.4 is 11.0 Å². The molecule has 126 valence electrons. The zero-order valence-electron chi connectivity index (χ0n) is 14.0. The summed E-state index contributed by atoms with van der Waals surface area (Å²) in [5.74, 6) is 0. The summed E-state index contributed by atoms with van der Waals surface area (Å²) in [5.41, 5.74) is 7.70. The van der Waals surface area contributed by atoms with Gasteiger partial charge < -0.3 is 0 Å². The van der Waals surface area contributed by atoms with Crippen molar-refractivity contribution >= 4 is 16.8 Å².